The van der Waals surface area contributed by atoms with Gasteiger partial charge in [0, 0.05) is 28.9 Å². The molecule has 0 atom stereocenters. The van der Waals surface area contributed by atoms with Crippen LogP contribution in [0.1, 0.15) is 15.9 Å². The molecule has 0 fully saturated rings. The minimum absolute atomic E-state index is 0.0403. The van der Waals surface area contributed by atoms with Crippen LogP contribution in [0.4, 0.5) is 5.69 Å². The van der Waals surface area contributed by atoms with Gasteiger partial charge in [0.15, 0.2) is 0 Å². The molecular weight excluding hydrogens is 336 g/mol. The van der Waals surface area contributed by atoms with Gasteiger partial charge in [0.2, 0.25) is 0 Å². The zero-order chi connectivity index (χ0) is 18.6. The summed E-state index contributed by atoms with van der Waals surface area (Å²) in [5.41, 5.74) is 3.48. The van der Waals surface area contributed by atoms with E-state index in [1.54, 1.807) is 13.3 Å². The highest BCUT2D eigenvalue weighted by atomic mass is 16.5. The number of ether oxygens (including phenoxy) is 1. The molecular formula is C23H20N2O2. The van der Waals surface area contributed by atoms with E-state index < -0.39 is 0 Å². The van der Waals surface area contributed by atoms with E-state index in [1.807, 2.05) is 83.8 Å². The van der Waals surface area contributed by atoms with Gasteiger partial charge in [0.05, 0.1) is 19.2 Å². The van der Waals surface area contributed by atoms with Crippen LogP contribution in [-0.2, 0) is 6.54 Å². The fraction of sp³-hybridized carbons (Fsp3) is 0.0870. The Balaban J connectivity index is 1.74. The third-order valence-electron chi connectivity index (χ3n) is 4.62. The Morgan fingerprint density at radius 1 is 0.963 bits per heavy atom. The van der Waals surface area contributed by atoms with E-state index in [1.165, 1.54) is 0 Å². The third-order valence-corrected chi connectivity index (χ3v) is 4.62. The van der Waals surface area contributed by atoms with Crippen molar-refractivity contribution in [1.29, 1.82) is 0 Å². The second-order valence-electron chi connectivity index (χ2n) is 6.33. The van der Waals surface area contributed by atoms with Gasteiger partial charge in [-0.3, -0.25) is 4.79 Å². The van der Waals surface area contributed by atoms with Crippen molar-refractivity contribution in [2.45, 2.75) is 6.54 Å². The van der Waals surface area contributed by atoms with E-state index in [0.717, 1.165) is 27.9 Å². The van der Waals surface area contributed by atoms with Crippen LogP contribution >= 0.6 is 0 Å². The highest BCUT2D eigenvalue weighted by molar-refractivity contribution is 6.14. The Kier molecular flexibility index (Phi) is 4.62. The summed E-state index contributed by atoms with van der Waals surface area (Å²) >= 11 is 0. The third kappa shape index (κ3) is 3.42. The smallest absolute Gasteiger partial charge is 0.260 e. The van der Waals surface area contributed by atoms with Gasteiger partial charge in [0.25, 0.3) is 5.91 Å². The molecule has 0 saturated heterocycles. The number of methoxy groups -OCH3 is 1. The van der Waals surface area contributed by atoms with Crippen molar-refractivity contribution >= 4 is 22.5 Å². The zero-order valence-electron chi connectivity index (χ0n) is 15.1. The Labute approximate surface area is 158 Å². The predicted octanol–water partition coefficient (Wildman–Crippen LogP) is 5.02. The number of fused-ring (bicyclic) bond motifs is 1. The van der Waals surface area contributed by atoms with Crippen molar-refractivity contribution < 1.29 is 9.53 Å². The summed E-state index contributed by atoms with van der Waals surface area (Å²) in [4.78, 5) is 18.4. The van der Waals surface area contributed by atoms with Crippen molar-refractivity contribution in [3.8, 4) is 5.75 Å². The van der Waals surface area contributed by atoms with Crippen LogP contribution in [0.2, 0.25) is 0 Å². The minimum Gasteiger partial charge on any atom is -0.497 e. The maximum absolute atomic E-state index is 13.5. The van der Waals surface area contributed by atoms with Gasteiger partial charge in [-0.15, -0.1) is 0 Å². The lowest BCUT2D eigenvalue weighted by Gasteiger charge is -2.23. The molecule has 1 amide bonds. The number of carbonyl (C=O) groups is 1. The first-order valence-corrected chi connectivity index (χ1v) is 8.82. The largest absolute Gasteiger partial charge is 0.497 e. The van der Waals surface area contributed by atoms with Crippen molar-refractivity contribution in [3.63, 3.8) is 0 Å². The van der Waals surface area contributed by atoms with Crippen LogP contribution in [0.15, 0.2) is 85.1 Å². The second-order valence-corrected chi connectivity index (χ2v) is 6.33. The Morgan fingerprint density at radius 3 is 2.37 bits per heavy atom. The van der Waals surface area contributed by atoms with Crippen molar-refractivity contribution in [1.82, 2.24) is 4.98 Å². The van der Waals surface area contributed by atoms with Crippen molar-refractivity contribution in [3.05, 3.63) is 96.2 Å². The fourth-order valence-electron chi connectivity index (χ4n) is 3.21. The van der Waals surface area contributed by atoms with E-state index >= 15 is 0 Å². The first kappa shape index (κ1) is 16.9. The summed E-state index contributed by atoms with van der Waals surface area (Å²) in [5.74, 6) is 0.717. The number of benzene rings is 3. The second kappa shape index (κ2) is 7.38. The number of nitrogens with zero attached hydrogens (tertiary/aromatic N) is 1. The number of aromatic nitrogens is 1. The van der Waals surface area contributed by atoms with E-state index in [0.29, 0.717) is 12.1 Å². The molecule has 1 heterocycles. The molecule has 134 valence electrons. The number of hydrogen-bond donors (Lipinski definition) is 1. The molecule has 0 saturated carbocycles. The highest BCUT2D eigenvalue weighted by Crippen LogP contribution is 2.27. The van der Waals surface area contributed by atoms with Gasteiger partial charge in [-0.25, -0.2) is 0 Å². The number of rotatable bonds is 5. The standard InChI is InChI=1S/C23H20N2O2/c1-27-19-12-13-20-21(15-24-22(20)14-19)23(26)25(18-10-6-3-7-11-18)16-17-8-4-2-5-9-17/h2-15,24H,16H2,1H3. The van der Waals surface area contributed by atoms with Crippen LogP contribution in [0.25, 0.3) is 10.9 Å². The number of hydrogen-bond acceptors (Lipinski definition) is 2. The van der Waals surface area contributed by atoms with Gasteiger partial charge >= 0.3 is 0 Å². The molecule has 0 aliphatic heterocycles. The summed E-state index contributed by atoms with van der Waals surface area (Å²) < 4.78 is 5.27. The molecule has 4 nitrogen and oxygen atoms in total. The van der Waals surface area contributed by atoms with E-state index in [-0.39, 0.29) is 5.91 Å². The first-order chi connectivity index (χ1) is 13.3. The summed E-state index contributed by atoms with van der Waals surface area (Å²) in [5, 5.41) is 0.884. The lowest BCUT2D eigenvalue weighted by Crippen LogP contribution is -2.30. The molecule has 0 aliphatic rings. The average Bonchev–Trinajstić information content (AvgIpc) is 3.16. The van der Waals surface area contributed by atoms with Gasteiger partial charge in [-0.05, 0) is 29.8 Å². The Morgan fingerprint density at radius 2 is 1.67 bits per heavy atom. The Hall–Kier alpha value is -3.53. The number of para-hydroxylation sites is 1. The maximum atomic E-state index is 13.5. The van der Waals surface area contributed by atoms with Crippen LogP contribution in [-0.4, -0.2) is 18.0 Å². The predicted molar refractivity (Wildman–Crippen MR) is 108 cm³/mol. The van der Waals surface area contributed by atoms with Crippen LogP contribution in [0.5, 0.6) is 5.75 Å². The first-order valence-electron chi connectivity index (χ1n) is 8.82. The summed E-state index contributed by atoms with van der Waals surface area (Å²) in [6.45, 7) is 0.506. The van der Waals surface area contributed by atoms with Gasteiger partial charge < -0.3 is 14.6 Å². The molecule has 4 aromatic rings. The molecule has 0 radical (unpaired) electrons. The molecule has 3 aromatic carbocycles. The average molecular weight is 356 g/mol. The molecule has 1 aromatic heterocycles. The summed E-state index contributed by atoms with van der Waals surface area (Å²) in [6.07, 6.45) is 1.77. The van der Waals surface area contributed by atoms with Gasteiger partial charge in [-0.2, -0.15) is 0 Å². The van der Waals surface area contributed by atoms with E-state index in [4.69, 9.17) is 4.74 Å². The molecule has 0 bridgehead atoms. The molecule has 27 heavy (non-hydrogen) atoms. The fourth-order valence-corrected chi connectivity index (χ4v) is 3.21. The lowest BCUT2D eigenvalue weighted by atomic mass is 10.1. The van der Waals surface area contributed by atoms with E-state index in [9.17, 15) is 4.79 Å². The Bertz CT molecular complexity index is 1060. The van der Waals surface area contributed by atoms with Gasteiger partial charge in [-0.1, -0.05) is 48.5 Å². The molecule has 0 unspecified atom stereocenters. The minimum atomic E-state index is -0.0403. The number of aromatic amines is 1. The number of amides is 1. The molecule has 4 rings (SSSR count). The number of carbonyl (C=O) groups excluding carboxylic acids is 1. The molecule has 0 spiro atoms. The highest BCUT2D eigenvalue weighted by Gasteiger charge is 2.21. The lowest BCUT2D eigenvalue weighted by molar-refractivity contribution is 0.0986. The maximum Gasteiger partial charge on any atom is 0.260 e. The van der Waals surface area contributed by atoms with Crippen LogP contribution < -0.4 is 9.64 Å². The monoisotopic (exact) mass is 356 g/mol. The van der Waals surface area contributed by atoms with Gasteiger partial charge in [0.1, 0.15) is 5.75 Å². The molecule has 0 aliphatic carbocycles. The number of H-pyrrole nitrogens is 1. The van der Waals surface area contributed by atoms with E-state index in [2.05, 4.69) is 4.98 Å². The SMILES string of the molecule is COc1ccc2c(C(=O)N(Cc3ccccc3)c3ccccc3)c[nH]c2c1. The quantitative estimate of drug-likeness (QED) is 0.545. The van der Waals surface area contributed by atoms with Crippen LogP contribution in [0, 0.1) is 0 Å². The molecule has 1 N–H and O–H groups in total. The summed E-state index contributed by atoms with van der Waals surface area (Å²) in [7, 11) is 1.63. The molecule has 4 heteroatoms. The van der Waals surface area contributed by atoms with Crippen LogP contribution in [0.3, 0.4) is 0 Å². The van der Waals surface area contributed by atoms with Crippen molar-refractivity contribution in [2.24, 2.45) is 0 Å². The summed E-state index contributed by atoms with van der Waals surface area (Å²) in [6, 6.07) is 25.5. The van der Waals surface area contributed by atoms with Crippen molar-refractivity contribution in [2.75, 3.05) is 12.0 Å². The number of nitrogens with one attached hydrogen (secondary N) is 1. The zero-order valence-corrected chi connectivity index (χ0v) is 15.1. The topological polar surface area (TPSA) is 45.3 Å². The normalized spacial score (nSPS) is 10.7. The number of anilines is 1.